The molecule has 2 aromatic carbocycles. The van der Waals surface area contributed by atoms with Gasteiger partial charge in [0.2, 0.25) is 0 Å². The van der Waals surface area contributed by atoms with E-state index >= 15 is 0 Å². The lowest BCUT2D eigenvalue weighted by atomic mass is 10.1. The zero-order valence-electron chi connectivity index (χ0n) is 9.53. The Bertz CT molecular complexity index is 760. The average Bonchev–Trinajstić information content (AvgIpc) is 2.78. The molecule has 0 unspecified atom stereocenters. The first kappa shape index (κ1) is 10.2. The van der Waals surface area contributed by atoms with E-state index in [0.717, 1.165) is 27.4 Å². The van der Waals surface area contributed by atoms with Gasteiger partial charge in [0.05, 0.1) is 10.6 Å². The van der Waals surface area contributed by atoms with Gasteiger partial charge in [0.25, 0.3) is 0 Å². The first-order chi connectivity index (χ1) is 8.84. The number of nitrogens with one attached hydrogen (secondary N) is 1. The van der Waals surface area contributed by atoms with Crippen LogP contribution in [0.1, 0.15) is 5.56 Å². The predicted octanol–water partition coefficient (Wildman–Crippen LogP) is 4.58. The van der Waals surface area contributed by atoms with Gasteiger partial charge in [-0.05, 0) is 17.7 Å². The van der Waals surface area contributed by atoms with Gasteiger partial charge >= 0.3 is 0 Å². The smallest absolute Gasteiger partial charge is 0.137 e. The Morgan fingerprint density at radius 3 is 2.89 bits per heavy atom. The van der Waals surface area contributed by atoms with Crippen LogP contribution in [-0.2, 0) is 5.75 Å². The van der Waals surface area contributed by atoms with Gasteiger partial charge < -0.3 is 4.98 Å². The second-order valence-electron chi connectivity index (χ2n) is 4.43. The van der Waals surface area contributed by atoms with Gasteiger partial charge in [0.1, 0.15) is 5.82 Å². The number of para-hydroxylation sites is 1. The number of fused-ring (bicyclic) bond motifs is 5. The number of hydrogen-bond acceptors (Lipinski definition) is 1. The topological polar surface area (TPSA) is 15.8 Å². The van der Waals surface area contributed by atoms with Gasteiger partial charge in [-0.15, -0.1) is 11.8 Å². The van der Waals surface area contributed by atoms with E-state index in [0.29, 0.717) is 0 Å². The molecule has 0 radical (unpaired) electrons. The fourth-order valence-electron chi connectivity index (χ4n) is 2.58. The van der Waals surface area contributed by atoms with E-state index in [1.165, 1.54) is 17.0 Å². The highest BCUT2D eigenvalue weighted by Crippen LogP contribution is 2.44. The van der Waals surface area contributed by atoms with Gasteiger partial charge in [-0.2, -0.15) is 0 Å². The summed E-state index contributed by atoms with van der Waals surface area (Å²) in [4.78, 5) is 4.18. The Morgan fingerprint density at radius 1 is 1.06 bits per heavy atom. The molecule has 88 valence electrons. The fourth-order valence-corrected chi connectivity index (χ4v) is 3.70. The van der Waals surface area contributed by atoms with Crippen LogP contribution in [0.4, 0.5) is 4.39 Å². The number of halogens is 1. The first-order valence-corrected chi connectivity index (χ1v) is 6.84. The first-order valence-electron chi connectivity index (χ1n) is 5.86. The number of hydrogen-bond donors (Lipinski definition) is 1. The van der Waals surface area contributed by atoms with Gasteiger partial charge in [-0.1, -0.05) is 30.3 Å². The number of thioether (sulfide) groups is 1. The summed E-state index contributed by atoms with van der Waals surface area (Å²) in [6.07, 6.45) is 0. The highest BCUT2D eigenvalue weighted by atomic mass is 32.2. The van der Waals surface area contributed by atoms with Crippen molar-refractivity contribution in [3.63, 3.8) is 0 Å². The van der Waals surface area contributed by atoms with E-state index in [-0.39, 0.29) is 5.82 Å². The maximum absolute atomic E-state index is 13.8. The molecular formula is C15H10FNS. The number of aromatic amines is 1. The summed E-state index contributed by atoms with van der Waals surface area (Å²) in [5, 5.41) is 1.25. The standard InChI is InChI=1S/C15H10FNS/c16-12-6-3-5-10-14-11(8-18-15(10)12)9-4-1-2-7-13(9)17-14/h1-7,17H,8H2. The number of benzene rings is 2. The zero-order valence-corrected chi connectivity index (χ0v) is 10.4. The second-order valence-corrected chi connectivity index (χ2v) is 5.41. The molecule has 1 N–H and O–H groups in total. The Labute approximate surface area is 108 Å². The largest absolute Gasteiger partial charge is 0.354 e. The highest BCUT2D eigenvalue weighted by molar-refractivity contribution is 7.98. The highest BCUT2D eigenvalue weighted by Gasteiger charge is 2.22. The molecule has 3 aromatic rings. The van der Waals surface area contributed by atoms with E-state index in [4.69, 9.17) is 0 Å². The Morgan fingerprint density at radius 2 is 1.94 bits per heavy atom. The second kappa shape index (κ2) is 3.62. The molecule has 1 aromatic heterocycles. The minimum absolute atomic E-state index is 0.123. The van der Waals surface area contributed by atoms with Crippen molar-refractivity contribution in [3.8, 4) is 11.3 Å². The maximum Gasteiger partial charge on any atom is 0.137 e. The lowest BCUT2D eigenvalue weighted by molar-refractivity contribution is 0.602. The van der Waals surface area contributed by atoms with Crippen LogP contribution in [0.15, 0.2) is 47.4 Å². The zero-order chi connectivity index (χ0) is 12.1. The summed E-state index contributed by atoms with van der Waals surface area (Å²) in [5.41, 5.74) is 4.47. The molecule has 0 fully saturated rings. The van der Waals surface area contributed by atoms with Gasteiger partial charge in [0.15, 0.2) is 0 Å². The summed E-state index contributed by atoms with van der Waals surface area (Å²) in [6, 6.07) is 13.5. The molecular weight excluding hydrogens is 245 g/mol. The predicted molar refractivity (Wildman–Crippen MR) is 73.3 cm³/mol. The minimum Gasteiger partial charge on any atom is -0.354 e. The summed E-state index contributed by atoms with van der Waals surface area (Å²) in [5.74, 6) is 0.703. The van der Waals surface area contributed by atoms with E-state index < -0.39 is 0 Å². The van der Waals surface area contributed by atoms with Crippen molar-refractivity contribution in [3.05, 3.63) is 53.8 Å². The van der Waals surface area contributed by atoms with Crippen molar-refractivity contribution in [1.82, 2.24) is 4.98 Å². The molecule has 0 saturated carbocycles. The van der Waals surface area contributed by atoms with Crippen LogP contribution in [-0.4, -0.2) is 4.98 Å². The third-order valence-electron chi connectivity index (χ3n) is 3.41. The van der Waals surface area contributed by atoms with E-state index in [1.54, 1.807) is 17.8 Å². The monoisotopic (exact) mass is 255 g/mol. The summed E-state index contributed by atoms with van der Waals surface area (Å²) in [6.45, 7) is 0. The third-order valence-corrected chi connectivity index (χ3v) is 4.55. The van der Waals surface area contributed by atoms with Gasteiger partial charge in [-0.25, -0.2) is 4.39 Å². The van der Waals surface area contributed by atoms with E-state index in [1.807, 2.05) is 18.2 Å². The van der Waals surface area contributed by atoms with Gasteiger partial charge in [-0.3, -0.25) is 0 Å². The van der Waals surface area contributed by atoms with E-state index in [9.17, 15) is 4.39 Å². The Hall–Kier alpha value is -1.74. The maximum atomic E-state index is 13.8. The van der Waals surface area contributed by atoms with Crippen molar-refractivity contribution in [1.29, 1.82) is 0 Å². The SMILES string of the molecule is Fc1cccc2c1SCc1c-2[nH]c2ccccc12. The summed E-state index contributed by atoms with van der Waals surface area (Å²) < 4.78 is 13.8. The lowest BCUT2D eigenvalue weighted by Gasteiger charge is -2.16. The summed E-state index contributed by atoms with van der Waals surface area (Å²) >= 11 is 1.58. The molecule has 4 rings (SSSR count). The van der Waals surface area contributed by atoms with Crippen molar-refractivity contribution in [2.45, 2.75) is 10.6 Å². The Kier molecular flexibility index (Phi) is 2.06. The van der Waals surface area contributed by atoms with Crippen molar-refractivity contribution in [2.24, 2.45) is 0 Å². The van der Waals surface area contributed by atoms with Crippen LogP contribution in [0.2, 0.25) is 0 Å². The molecule has 0 bridgehead atoms. The molecule has 1 nitrogen and oxygen atoms in total. The average molecular weight is 255 g/mol. The van der Waals surface area contributed by atoms with Crippen molar-refractivity contribution in [2.75, 3.05) is 0 Å². The lowest BCUT2D eigenvalue weighted by Crippen LogP contribution is -1.96. The molecule has 0 atom stereocenters. The molecule has 1 aliphatic rings. The fraction of sp³-hybridized carbons (Fsp3) is 0.0667. The van der Waals surface area contributed by atoms with Crippen LogP contribution in [0.3, 0.4) is 0 Å². The van der Waals surface area contributed by atoms with E-state index in [2.05, 4.69) is 17.1 Å². The third kappa shape index (κ3) is 1.28. The number of H-pyrrole nitrogens is 1. The number of aromatic nitrogens is 1. The minimum atomic E-state index is -0.123. The molecule has 0 saturated heterocycles. The molecule has 0 aliphatic carbocycles. The van der Waals surface area contributed by atoms with Crippen LogP contribution < -0.4 is 0 Å². The molecule has 1 aliphatic heterocycles. The van der Waals surface area contributed by atoms with Crippen LogP contribution in [0.25, 0.3) is 22.2 Å². The van der Waals surface area contributed by atoms with Gasteiger partial charge in [0, 0.05) is 22.2 Å². The molecule has 3 heteroatoms. The Balaban J connectivity index is 2.09. The van der Waals surface area contributed by atoms with Crippen molar-refractivity contribution < 1.29 is 4.39 Å². The molecule has 2 heterocycles. The van der Waals surface area contributed by atoms with Crippen LogP contribution in [0, 0.1) is 5.82 Å². The molecule has 18 heavy (non-hydrogen) atoms. The van der Waals surface area contributed by atoms with Crippen LogP contribution in [0.5, 0.6) is 0 Å². The molecule has 0 spiro atoms. The summed E-state index contributed by atoms with van der Waals surface area (Å²) in [7, 11) is 0. The quantitative estimate of drug-likeness (QED) is 0.621. The molecule has 0 amide bonds. The number of rotatable bonds is 0. The van der Waals surface area contributed by atoms with Crippen molar-refractivity contribution >= 4 is 22.7 Å². The van der Waals surface area contributed by atoms with Crippen LogP contribution >= 0.6 is 11.8 Å². The normalized spacial score (nSPS) is 13.4.